The van der Waals surface area contributed by atoms with Gasteiger partial charge in [-0.05, 0) is 30.5 Å². The largest absolute Gasteiger partial charge is 0.497 e. The number of nitrogens with zero attached hydrogens (tertiary/aromatic N) is 2. The Hall–Kier alpha value is -2.80. The number of ether oxygens (including phenoxy) is 2. The summed E-state index contributed by atoms with van der Waals surface area (Å²) < 4.78 is 16.1. The first kappa shape index (κ1) is 18.0. The normalized spacial score (nSPS) is 10.6. The van der Waals surface area contributed by atoms with Gasteiger partial charge in [0.05, 0.1) is 31.2 Å². The molecule has 0 spiro atoms. The molecule has 0 aliphatic heterocycles. The molecule has 1 amide bonds. The van der Waals surface area contributed by atoms with Crippen molar-refractivity contribution in [2.24, 2.45) is 0 Å². The van der Waals surface area contributed by atoms with Crippen molar-refractivity contribution in [2.45, 2.75) is 13.5 Å². The summed E-state index contributed by atoms with van der Waals surface area (Å²) in [6.07, 6.45) is 0. The monoisotopic (exact) mass is 372 g/mol. The third-order valence-corrected chi connectivity index (χ3v) is 4.84. The molecule has 0 N–H and O–H groups in total. The molecule has 0 aliphatic carbocycles. The molecule has 6 nitrogen and oxygen atoms in total. The Kier molecular flexibility index (Phi) is 5.58. The van der Waals surface area contributed by atoms with E-state index in [1.165, 1.54) is 11.3 Å². The van der Waals surface area contributed by atoms with Crippen LogP contribution in [0.1, 0.15) is 22.3 Å². The van der Waals surface area contributed by atoms with Crippen LogP contribution in [-0.4, -0.2) is 36.7 Å². The molecule has 0 aliphatic rings. The van der Waals surface area contributed by atoms with Crippen LogP contribution in [0.2, 0.25) is 0 Å². The van der Waals surface area contributed by atoms with Gasteiger partial charge in [-0.3, -0.25) is 4.79 Å². The predicted octanol–water partition coefficient (Wildman–Crippen LogP) is 4.08. The second kappa shape index (κ2) is 8.05. The zero-order valence-electron chi connectivity index (χ0n) is 14.9. The van der Waals surface area contributed by atoms with Gasteiger partial charge in [0.15, 0.2) is 5.76 Å². The van der Waals surface area contributed by atoms with Gasteiger partial charge < -0.3 is 18.9 Å². The van der Waals surface area contributed by atoms with E-state index in [0.717, 1.165) is 5.56 Å². The lowest BCUT2D eigenvalue weighted by molar-refractivity contribution is 0.0754. The van der Waals surface area contributed by atoms with Gasteiger partial charge in [0, 0.05) is 18.7 Å². The minimum Gasteiger partial charge on any atom is -0.497 e. The van der Waals surface area contributed by atoms with Gasteiger partial charge in [-0.1, -0.05) is 11.2 Å². The SMILES string of the molecule is CCN(Cc1cc(-c2ccc(OC)cc2OC)on1)C(=O)c1cccs1. The third kappa shape index (κ3) is 3.72. The fourth-order valence-electron chi connectivity index (χ4n) is 2.59. The minimum atomic E-state index is -0.00548. The average molecular weight is 372 g/mol. The number of hydrogen-bond donors (Lipinski definition) is 0. The van der Waals surface area contributed by atoms with Crippen LogP contribution in [0.5, 0.6) is 11.5 Å². The standard InChI is InChI=1S/C19H20N2O4S/c1-4-21(19(22)18-6-5-9-26-18)12-13-10-17(25-20-13)15-8-7-14(23-2)11-16(15)24-3/h5-11H,4,12H2,1-3H3. The Labute approximate surface area is 155 Å². The summed E-state index contributed by atoms with van der Waals surface area (Å²) in [4.78, 5) is 15.0. The van der Waals surface area contributed by atoms with Crippen molar-refractivity contribution in [3.05, 3.63) is 52.3 Å². The van der Waals surface area contributed by atoms with Crippen LogP contribution in [0.15, 0.2) is 46.3 Å². The topological polar surface area (TPSA) is 64.8 Å². The lowest BCUT2D eigenvalue weighted by Gasteiger charge is -2.18. The molecule has 2 heterocycles. The molecule has 7 heteroatoms. The van der Waals surface area contributed by atoms with E-state index in [1.807, 2.05) is 42.6 Å². The van der Waals surface area contributed by atoms with Crippen LogP contribution < -0.4 is 9.47 Å². The molecule has 0 atom stereocenters. The van der Waals surface area contributed by atoms with Crippen LogP contribution in [0, 0.1) is 0 Å². The van der Waals surface area contributed by atoms with Crippen molar-refractivity contribution < 1.29 is 18.8 Å². The molecular weight excluding hydrogens is 352 g/mol. The number of rotatable bonds is 7. The molecule has 0 saturated carbocycles. The first-order valence-electron chi connectivity index (χ1n) is 8.17. The Morgan fingerprint density at radius 2 is 2.08 bits per heavy atom. The summed E-state index contributed by atoms with van der Waals surface area (Å²) in [6.45, 7) is 2.92. The van der Waals surface area contributed by atoms with Crippen molar-refractivity contribution in [3.8, 4) is 22.8 Å². The highest BCUT2D eigenvalue weighted by Crippen LogP contribution is 2.33. The third-order valence-electron chi connectivity index (χ3n) is 3.99. The molecule has 0 saturated heterocycles. The van der Waals surface area contributed by atoms with Gasteiger partial charge in [0.2, 0.25) is 0 Å². The highest BCUT2D eigenvalue weighted by molar-refractivity contribution is 7.12. The highest BCUT2D eigenvalue weighted by Gasteiger charge is 2.19. The first-order chi connectivity index (χ1) is 12.7. The van der Waals surface area contributed by atoms with Gasteiger partial charge >= 0.3 is 0 Å². The molecule has 3 aromatic rings. The average Bonchev–Trinajstić information content (AvgIpc) is 3.37. The number of aromatic nitrogens is 1. The maximum Gasteiger partial charge on any atom is 0.264 e. The van der Waals surface area contributed by atoms with Crippen LogP contribution in [-0.2, 0) is 6.54 Å². The molecule has 26 heavy (non-hydrogen) atoms. The number of benzene rings is 1. The van der Waals surface area contributed by atoms with Crippen molar-refractivity contribution in [1.82, 2.24) is 10.1 Å². The number of methoxy groups -OCH3 is 2. The minimum absolute atomic E-state index is 0.00548. The van der Waals surface area contributed by atoms with Crippen LogP contribution in [0.3, 0.4) is 0 Å². The lowest BCUT2D eigenvalue weighted by Crippen LogP contribution is -2.29. The smallest absolute Gasteiger partial charge is 0.264 e. The van der Waals surface area contributed by atoms with Gasteiger partial charge in [-0.2, -0.15) is 0 Å². The van der Waals surface area contributed by atoms with Gasteiger partial charge in [-0.25, -0.2) is 0 Å². The highest BCUT2D eigenvalue weighted by atomic mass is 32.1. The molecule has 3 rings (SSSR count). The molecule has 0 bridgehead atoms. The van der Waals surface area contributed by atoms with Crippen molar-refractivity contribution >= 4 is 17.2 Å². The number of carbonyl (C=O) groups excluding carboxylic acids is 1. The van der Waals surface area contributed by atoms with Crippen LogP contribution in [0.25, 0.3) is 11.3 Å². The summed E-state index contributed by atoms with van der Waals surface area (Å²) in [5.74, 6) is 1.91. The Bertz CT molecular complexity index is 874. The van der Waals surface area contributed by atoms with E-state index in [0.29, 0.717) is 40.9 Å². The van der Waals surface area contributed by atoms with E-state index < -0.39 is 0 Å². The zero-order chi connectivity index (χ0) is 18.5. The lowest BCUT2D eigenvalue weighted by atomic mass is 10.1. The van der Waals surface area contributed by atoms with Gasteiger partial charge in [-0.15, -0.1) is 11.3 Å². The van der Waals surface area contributed by atoms with Crippen molar-refractivity contribution in [1.29, 1.82) is 0 Å². The van der Waals surface area contributed by atoms with Crippen LogP contribution >= 0.6 is 11.3 Å². The molecule has 2 aromatic heterocycles. The van der Waals surface area contributed by atoms with Crippen molar-refractivity contribution in [2.75, 3.05) is 20.8 Å². The van der Waals surface area contributed by atoms with E-state index in [9.17, 15) is 4.79 Å². The molecular formula is C19H20N2O4S. The number of amides is 1. The maximum atomic E-state index is 12.5. The van der Waals surface area contributed by atoms with Crippen LogP contribution in [0.4, 0.5) is 0 Å². The number of carbonyl (C=O) groups is 1. The summed E-state index contributed by atoms with van der Waals surface area (Å²) in [5, 5.41) is 6.00. The Morgan fingerprint density at radius 3 is 2.73 bits per heavy atom. The Balaban J connectivity index is 1.80. The van der Waals surface area contributed by atoms with E-state index in [1.54, 1.807) is 25.2 Å². The summed E-state index contributed by atoms with van der Waals surface area (Å²) in [6, 6.07) is 11.0. The predicted molar refractivity (Wildman–Crippen MR) is 99.8 cm³/mol. The summed E-state index contributed by atoms with van der Waals surface area (Å²) >= 11 is 1.43. The van der Waals surface area contributed by atoms with Crippen molar-refractivity contribution in [3.63, 3.8) is 0 Å². The van der Waals surface area contributed by atoms with E-state index in [2.05, 4.69) is 5.16 Å². The quantitative estimate of drug-likeness (QED) is 0.625. The van der Waals surface area contributed by atoms with E-state index >= 15 is 0 Å². The van der Waals surface area contributed by atoms with E-state index in [4.69, 9.17) is 14.0 Å². The summed E-state index contributed by atoms with van der Waals surface area (Å²) in [5.41, 5.74) is 1.46. The van der Waals surface area contributed by atoms with Gasteiger partial charge in [0.25, 0.3) is 5.91 Å². The number of thiophene rings is 1. The van der Waals surface area contributed by atoms with Gasteiger partial charge in [0.1, 0.15) is 17.2 Å². The molecule has 0 fully saturated rings. The first-order valence-corrected chi connectivity index (χ1v) is 9.05. The molecule has 1 aromatic carbocycles. The zero-order valence-corrected chi connectivity index (χ0v) is 15.7. The summed E-state index contributed by atoms with van der Waals surface area (Å²) in [7, 11) is 3.19. The second-order valence-electron chi connectivity index (χ2n) is 5.55. The number of hydrogen-bond acceptors (Lipinski definition) is 6. The molecule has 136 valence electrons. The Morgan fingerprint density at radius 1 is 1.23 bits per heavy atom. The molecule has 0 radical (unpaired) electrons. The fourth-order valence-corrected chi connectivity index (χ4v) is 3.28. The molecule has 0 unspecified atom stereocenters. The maximum absolute atomic E-state index is 12.5. The van der Waals surface area contributed by atoms with E-state index in [-0.39, 0.29) is 5.91 Å². The fraction of sp³-hybridized carbons (Fsp3) is 0.263. The second-order valence-corrected chi connectivity index (χ2v) is 6.49.